The molecule has 0 spiro atoms. The molecule has 1 unspecified atom stereocenters. The number of hydrogen-bond donors (Lipinski definition) is 3. The fourth-order valence-corrected chi connectivity index (χ4v) is 3.12. The van der Waals surface area contributed by atoms with Crippen molar-refractivity contribution in [3.05, 3.63) is 35.8 Å². The second kappa shape index (κ2) is 8.33. The number of aryl methyl sites for hydroxylation is 1. The molecule has 0 aromatic carbocycles. The van der Waals surface area contributed by atoms with Crippen LogP contribution >= 0.6 is 0 Å². The van der Waals surface area contributed by atoms with Crippen molar-refractivity contribution in [1.82, 2.24) is 35.1 Å². The van der Waals surface area contributed by atoms with Crippen molar-refractivity contribution in [1.29, 1.82) is 0 Å². The monoisotopic (exact) mass is 398 g/mol. The molecule has 0 saturated carbocycles. The van der Waals surface area contributed by atoms with Crippen molar-refractivity contribution in [3.63, 3.8) is 0 Å². The van der Waals surface area contributed by atoms with Crippen LogP contribution in [0.4, 0.5) is 28.1 Å². The highest BCUT2D eigenvalue weighted by Crippen LogP contribution is 2.22. The van der Waals surface area contributed by atoms with Crippen molar-refractivity contribution in [2.45, 2.75) is 39.2 Å². The van der Waals surface area contributed by atoms with Gasteiger partial charge in [-0.05, 0) is 33.1 Å². The summed E-state index contributed by atoms with van der Waals surface area (Å²) in [4.78, 5) is 23.8. The smallest absolute Gasteiger partial charge is 0.235 e. The highest BCUT2D eigenvalue weighted by atomic mass is 19.1. The van der Waals surface area contributed by atoms with Gasteiger partial charge in [0, 0.05) is 24.8 Å². The molecule has 10 nitrogen and oxygen atoms in total. The molecule has 29 heavy (non-hydrogen) atoms. The number of anilines is 4. The third kappa shape index (κ3) is 4.73. The fraction of sp³-hybridized carbons (Fsp3) is 0.444. The van der Waals surface area contributed by atoms with Crippen LogP contribution in [0.2, 0.25) is 0 Å². The molecule has 3 aromatic rings. The number of halogens is 1. The van der Waals surface area contributed by atoms with Crippen LogP contribution in [-0.2, 0) is 0 Å². The van der Waals surface area contributed by atoms with Crippen molar-refractivity contribution >= 4 is 23.7 Å². The zero-order chi connectivity index (χ0) is 20.2. The molecule has 3 aromatic heterocycles. The normalized spacial score (nSPS) is 15.2. The molecule has 1 saturated heterocycles. The fourth-order valence-electron chi connectivity index (χ4n) is 3.12. The van der Waals surface area contributed by atoms with Gasteiger partial charge < -0.3 is 15.5 Å². The maximum absolute atomic E-state index is 13.1. The Kier molecular flexibility index (Phi) is 5.45. The van der Waals surface area contributed by atoms with Crippen molar-refractivity contribution in [2.75, 3.05) is 28.6 Å². The van der Waals surface area contributed by atoms with Gasteiger partial charge in [0.15, 0.2) is 11.6 Å². The lowest BCUT2D eigenvalue weighted by Gasteiger charge is -2.27. The number of piperidine rings is 1. The van der Waals surface area contributed by atoms with Gasteiger partial charge in [-0.3, -0.25) is 5.10 Å². The Labute approximate surface area is 167 Å². The van der Waals surface area contributed by atoms with E-state index in [9.17, 15) is 4.39 Å². The second-order valence-corrected chi connectivity index (χ2v) is 7.02. The van der Waals surface area contributed by atoms with E-state index in [1.54, 1.807) is 0 Å². The zero-order valence-electron chi connectivity index (χ0n) is 16.4. The van der Waals surface area contributed by atoms with E-state index in [-0.39, 0.29) is 6.04 Å². The molecular weight excluding hydrogens is 375 g/mol. The molecule has 0 bridgehead atoms. The van der Waals surface area contributed by atoms with E-state index in [2.05, 4.69) is 50.7 Å². The molecule has 1 atom stereocenters. The Morgan fingerprint density at radius 2 is 1.79 bits per heavy atom. The van der Waals surface area contributed by atoms with Crippen molar-refractivity contribution < 1.29 is 4.39 Å². The standard InChI is InChI=1S/C18H23FN10/c1-11-8-14(28-27-11)23-17-24-16(22-12(2)15-20-9-13(19)10-21-15)25-18(26-17)29-6-4-3-5-7-29/h8-10,12H,3-7H2,1-2H3,(H3,22,23,24,25,26,27,28). The average molecular weight is 398 g/mol. The molecular formula is C18H23FN10. The number of nitrogens with zero attached hydrogens (tertiary/aromatic N) is 7. The molecule has 0 amide bonds. The van der Waals surface area contributed by atoms with E-state index >= 15 is 0 Å². The molecule has 11 heteroatoms. The summed E-state index contributed by atoms with van der Waals surface area (Å²) in [5, 5.41) is 13.4. The summed E-state index contributed by atoms with van der Waals surface area (Å²) in [6, 6.07) is 1.56. The summed E-state index contributed by atoms with van der Waals surface area (Å²) in [6.45, 7) is 5.59. The van der Waals surface area contributed by atoms with Crippen molar-refractivity contribution in [2.24, 2.45) is 0 Å². The number of aromatic nitrogens is 7. The van der Waals surface area contributed by atoms with Gasteiger partial charge in [0.2, 0.25) is 17.8 Å². The van der Waals surface area contributed by atoms with Crippen LogP contribution in [-0.4, -0.2) is 48.2 Å². The number of H-pyrrole nitrogens is 1. The maximum atomic E-state index is 13.1. The largest absolute Gasteiger partial charge is 0.344 e. The van der Waals surface area contributed by atoms with E-state index in [0.717, 1.165) is 44.0 Å². The summed E-state index contributed by atoms with van der Waals surface area (Å²) < 4.78 is 13.1. The summed E-state index contributed by atoms with van der Waals surface area (Å²) in [5.74, 6) is 1.97. The topological polar surface area (TPSA) is 120 Å². The van der Waals surface area contributed by atoms with Gasteiger partial charge in [-0.2, -0.15) is 20.1 Å². The molecule has 0 aliphatic carbocycles. The molecule has 0 radical (unpaired) electrons. The summed E-state index contributed by atoms with van der Waals surface area (Å²) >= 11 is 0. The predicted molar refractivity (Wildman–Crippen MR) is 107 cm³/mol. The first-order valence-electron chi connectivity index (χ1n) is 9.61. The first kappa shape index (κ1) is 19.0. The van der Waals surface area contributed by atoms with E-state index in [1.807, 2.05) is 19.9 Å². The maximum Gasteiger partial charge on any atom is 0.235 e. The van der Waals surface area contributed by atoms with Gasteiger partial charge in [0.05, 0.1) is 18.4 Å². The molecule has 4 rings (SSSR count). The summed E-state index contributed by atoms with van der Waals surface area (Å²) in [5.41, 5.74) is 0.929. The second-order valence-electron chi connectivity index (χ2n) is 7.02. The first-order valence-corrected chi connectivity index (χ1v) is 9.61. The third-order valence-corrected chi connectivity index (χ3v) is 4.58. The van der Waals surface area contributed by atoms with Gasteiger partial charge in [0.1, 0.15) is 5.82 Å². The summed E-state index contributed by atoms with van der Waals surface area (Å²) in [7, 11) is 0. The lowest BCUT2D eigenvalue weighted by Crippen LogP contribution is -2.31. The van der Waals surface area contributed by atoms with Crippen molar-refractivity contribution in [3.8, 4) is 0 Å². The number of aromatic amines is 1. The van der Waals surface area contributed by atoms with Crippen LogP contribution in [0.25, 0.3) is 0 Å². The molecule has 3 N–H and O–H groups in total. The van der Waals surface area contributed by atoms with Crippen LogP contribution in [0.5, 0.6) is 0 Å². The van der Waals surface area contributed by atoms with Crippen LogP contribution in [0.3, 0.4) is 0 Å². The lowest BCUT2D eigenvalue weighted by molar-refractivity contribution is 0.567. The van der Waals surface area contributed by atoms with Crippen LogP contribution in [0.1, 0.15) is 43.7 Å². The molecule has 4 heterocycles. The van der Waals surface area contributed by atoms with Crippen LogP contribution < -0.4 is 15.5 Å². The van der Waals surface area contributed by atoms with Gasteiger partial charge >= 0.3 is 0 Å². The van der Waals surface area contributed by atoms with E-state index in [0.29, 0.717) is 29.5 Å². The highest BCUT2D eigenvalue weighted by molar-refractivity contribution is 5.52. The third-order valence-electron chi connectivity index (χ3n) is 4.58. The molecule has 1 aliphatic heterocycles. The predicted octanol–water partition coefficient (Wildman–Crippen LogP) is 2.74. The van der Waals surface area contributed by atoms with E-state index in [1.165, 1.54) is 6.42 Å². The molecule has 152 valence electrons. The Bertz CT molecular complexity index is 952. The average Bonchev–Trinajstić information content (AvgIpc) is 3.13. The lowest BCUT2D eigenvalue weighted by atomic mass is 10.1. The van der Waals surface area contributed by atoms with Crippen LogP contribution in [0.15, 0.2) is 18.5 Å². The number of rotatable bonds is 6. The minimum Gasteiger partial charge on any atom is -0.344 e. The molecule has 1 aliphatic rings. The van der Waals surface area contributed by atoms with Gasteiger partial charge in [0.25, 0.3) is 0 Å². The minimum atomic E-state index is -0.478. The van der Waals surface area contributed by atoms with Gasteiger partial charge in [-0.15, -0.1) is 0 Å². The number of nitrogens with one attached hydrogen (secondary N) is 3. The Hall–Kier alpha value is -3.37. The van der Waals surface area contributed by atoms with Crippen LogP contribution in [0, 0.1) is 12.7 Å². The Balaban J connectivity index is 1.60. The Morgan fingerprint density at radius 3 is 2.48 bits per heavy atom. The quantitative estimate of drug-likeness (QED) is 0.575. The Morgan fingerprint density at radius 1 is 1.07 bits per heavy atom. The van der Waals surface area contributed by atoms with E-state index < -0.39 is 5.82 Å². The first-order chi connectivity index (χ1) is 14.1. The summed E-state index contributed by atoms with van der Waals surface area (Å²) in [6.07, 6.45) is 5.70. The zero-order valence-corrected chi connectivity index (χ0v) is 16.4. The van der Waals surface area contributed by atoms with Gasteiger partial charge in [-0.25, -0.2) is 14.4 Å². The van der Waals surface area contributed by atoms with E-state index in [4.69, 9.17) is 0 Å². The minimum absolute atomic E-state index is 0.312. The molecule has 1 fully saturated rings. The SMILES string of the molecule is Cc1cc(Nc2nc(NC(C)c3ncc(F)cn3)nc(N3CCCCC3)n2)n[nH]1. The van der Waals surface area contributed by atoms with Gasteiger partial charge in [-0.1, -0.05) is 0 Å². The number of hydrogen-bond acceptors (Lipinski definition) is 9. The highest BCUT2D eigenvalue weighted by Gasteiger charge is 2.18.